The molecule has 0 atom stereocenters. The average Bonchev–Trinajstić information content (AvgIpc) is 2.92. The molecule has 104 valence electrons. The number of rotatable bonds is 5. The summed E-state index contributed by atoms with van der Waals surface area (Å²) >= 11 is 1.44. The molecule has 0 aromatic carbocycles. The lowest BCUT2D eigenvalue weighted by molar-refractivity contribution is -0.129. The van der Waals surface area contributed by atoms with Crippen molar-refractivity contribution < 1.29 is 4.79 Å². The fraction of sp³-hybridized carbons (Fsp3) is 0.583. The van der Waals surface area contributed by atoms with Crippen LogP contribution in [0.2, 0.25) is 0 Å². The predicted octanol–water partition coefficient (Wildman–Crippen LogP) is 1.21. The van der Waals surface area contributed by atoms with Crippen molar-refractivity contribution in [2.24, 2.45) is 0 Å². The number of nitrogens with two attached hydrogens (primary N) is 1. The summed E-state index contributed by atoms with van der Waals surface area (Å²) < 4.78 is 0. The van der Waals surface area contributed by atoms with E-state index >= 15 is 0 Å². The van der Waals surface area contributed by atoms with E-state index in [4.69, 9.17) is 5.73 Å². The normalized spacial score (nSPS) is 14.7. The Bertz CT molecular complexity index is 448. The molecule has 1 aromatic heterocycles. The number of hydrogen-bond donors (Lipinski definition) is 2. The monoisotopic (exact) mass is 281 g/mol. The largest absolute Gasteiger partial charge is 0.383 e. The minimum atomic E-state index is 0.206. The molecule has 1 aliphatic rings. The van der Waals surface area contributed by atoms with Gasteiger partial charge in [-0.05, 0) is 19.1 Å². The zero-order valence-corrected chi connectivity index (χ0v) is 11.9. The Morgan fingerprint density at radius 3 is 2.89 bits per heavy atom. The maximum absolute atomic E-state index is 11.8. The summed E-state index contributed by atoms with van der Waals surface area (Å²) in [5.74, 6) is 1.32. The van der Waals surface area contributed by atoms with Crippen LogP contribution in [0.4, 0.5) is 11.6 Å². The molecule has 1 saturated heterocycles. The van der Waals surface area contributed by atoms with Gasteiger partial charge in [-0.15, -0.1) is 0 Å². The van der Waals surface area contributed by atoms with Crippen molar-refractivity contribution >= 4 is 29.3 Å². The van der Waals surface area contributed by atoms with Gasteiger partial charge >= 0.3 is 0 Å². The first-order valence-corrected chi connectivity index (χ1v) is 7.61. The molecule has 1 amide bonds. The molecule has 6 nitrogen and oxygen atoms in total. The first kappa shape index (κ1) is 13.9. The third kappa shape index (κ3) is 3.99. The third-order valence-electron chi connectivity index (χ3n) is 3.01. The van der Waals surface area contributed by atoms with Crippen LogP contribution in [0.3, 0.4) is 0 Å². The molecule has 0 bridgehead atoms. The van der Waals surface area contributed by atoms with Crippen LogP contribution in [0.25, 0.3) is 0 Å². The molecule has 1 aromatic rings. The molecule has 0 spiro atoms. The number of aromatic nitrogens is 2. The molecule has 0 unspecified atom stereocenters. The molecular weight excluding hydrogens is 262 g/mol. The van der Waals surface area contributed by atoms with E-state index in [-0.39, 0.29) is 5.91 Å². The number of likely N-dealkylation sites (tertiary alicyclic amines) is 1. The molecular formula is C12H19N5OS. The number of hydrogen-bond acceptors (Lipinski definition) is 6. The predicted molar refractivity (Wildman–Crippen MR) is 77.1 cm³/mol. The molecule has 19 heavy (non-hydrogen) atoms. The lowest BCUT2D eigenvalue weighted by Crippen LogP contribution is -2.29. The summed E-state index contributed by atoms with van der Waals surface area (Å²) in [7, 11) is 0. The van der Waals surface area contributed by atoms with E-state index in [0.717, 1.165) is 25.9 Å². The Hall–Kier alpha value is -1.50. The number of anilines is 2. The van der Waals surface area contributed by atoms with Crippen LogP contribution < -0.4 is 11.1 Å². The van der Waals surface area contributed by atoms with Crippen molar-refractivity contribution in [2.45, 2.75) is 24.4 Å². The van der Waals surface area contributed by atoms with Crippen LogP contribution in [-0.4, -0.2) is 46.7 Å². The molecule has 0 saturated carbocycles. The standard InChI is InChI=1S/C12H19N5OS/c1-19-12-15-9(13)8-10(16-12)14-5-4-11(18)17-6-2-3-7-17/h8H,2-7H2,1H3,(H3,13,14,15,16). The molecule has 2 heterocycles. The van der Waals surface area contributed by atoms with Gasteiger partial charge in [-0.2, -0.15) is 0 Å². The highest BCUT2D eigenvalue weighted by atomic mass is 32.2. The molecule has 2 rings (SSSR count). The number of nitrogens with one attached hydrogen (secondary N) is 1. The molecule has 1 fully saturated rings. The van der Waals surface area contributed by atoms with Gasteiger partial charge < -0.3 is 16.0 Å². The quantitative estimate of drug-likeness (QED) is 0.623. The Morgan fingerprint density at radius 2 is 2.21 bits per heavy atom. The highest BCUT2D eigenvalue weighted by Crippen LogP contribution is 2.15. The summed E-state index contributed by atoms with van der Waals surface area (Å²) in [4.78, 5) is 22.1. The Morgan fingerprint density at radius 1 is 1.47 bits per heavy atom. The number of thioether (sulfide) groups is 1. The lowest BCUT2D eigenvalue weighted by Gasteiger charge is -2.15. The average molecular weight is 281 g/mol. The van der Waals surface area contributed by atoms with E-state index in [1.807, 2.05) is 11.2 Å². The van der Waals surface area contributed by atoms with E-state index in [2.05, 4.69) is 15.3 Å². The Labute approximate surface area is 117 Å². The fourth-order valence-electron chi connectivity index (χ4n) is 2.05. The fourth-order valence-corrected chi connectivity index (χ4v) is 2.43. The van der Waals surface area contributed by atoms with Crippen LogP contribution in [0, 0.1) is 0 Å². The van der Waals surface area contributed by atoms with Gasteiger partial charge in [-0.3, -0.25) is 4.79 Å². The van der Waals surface area contributed by atoms with Crippen molar-refractivity contribution in [3.8, 4) is 0 Å². The van der Waals surface area contributed by atoms with E-state index in [0.29, 0.717) is 29.8 Å². The first-order chi connectivity index (χ1) is 9.19. The number of amides is 1. The third-order valence-corrected chi connectivity index (χ3v) is 3.56. The van der Waals surface area contributed by atoms with Crippen molar-refractivity contribution in [1.29, 1.82) is 0 Å². The second-order valence-electron chi connectivity index (χ2n) is 4.43. The van der Waals surface area contributed by atoms with Gasteiger partial charge in [-0.1, -0.05) is 11.8 Å². The van der Waals surface area contributed by atoms with Crippen LogP contribution in [-0.2, 0) is 4.79 Å². The number of carbonyl (C=O) groups excluding carboxylic acids is 1. The lowest BCUT2D eigenvalue weighted by atomic mass is 10.3. The van der Waals surface area contributed by atoms with Gasteiger partial charge in [-0.25, -0.2) is 9.97 Å². The number of carbonyl (C=O) groups is 1. The SMILES string of the molecule is CSc1nc(N)cc(NCCC(=O)N2CCCC2)n1. The molecule has 7 heteroatoms. The van der Waals surface area contributed by atoms with Crippen molar-refractivity contribution in [1.82, 2.24) is 14.9 Å². The molecule has 0 radical (unpaired) electrons. The number of nitrogens with zero attached hydrogens (tertiary/aromatic N) is 3. The minimum absolute atomic E-state index is 0.206. The summed E-state index contributed by atoms with van der Waals surface area (Å²) in [6.07, 6.45) is 4.63. The van der Waals surface area contributed by atoms with E-state index < -0.39 is 0 Å². The van der Waals surface area contributed by atoms with E-state index in [1.165, 1.54) is 11.8 Å². The van der Waals surface area contributed by atoms with Gasteiger partial charge in [0.25, 0.3) is 0 Å². The minimum Gasteiger partial charge on any atom is -0.383 e. The van der Waals surface area contributed by atoms with Crippen LogP contribution in [0.15, 0.2) is 11.2 Å². The molecule has 1 aliphatic heterocycles. The zero-order valence-electron chi connectivity index (χ0n) is 11.1. The van der Waals surface area contributed by atoms with Gasteiger partial charge in [0.05, 0.1) is 0 Å². The highest BCUT2D eigenvalue weighted by molar-refractivity contribution is 7.98. The van der Waals surface area contributed by atoms with E-state index in [9.17, 15) is 4.79 Å². The summed E-state index contributed by atoms with van der Waals surface area (Å²) in [6.45, 7) is 2.37. The van der Waals surface area contributed by atoms with Gasteiger partial charge in [0.1, 0.15) is 11.6 Å². The highest BCUT2D eigenvalue weighted by Gasteiger charge is 2.17. The van der Waals surface area contributed by atoms with Gasteiger partial charge in [0.15, 0.2) is 5.16 Å². The van der Waals surface area contributed by atoms with Crippen molar-refractivity contribution in [3.05, 3.63) is 6.07 Å². The summed E-state index contributed by atoms with van der Waals surface area (Å²) in [5, 5.41) is 3.76. The van der Waals surface area contributed by atoms with Crippen molar-refractivity contribution in [3.63, 3.8) is 0 Å². The topological polar surface area (TPSA) is 84.1 Å². The van der Waals surface area contributed by atoms with Crippen LogP contribution in [0.1, 0.15) is 19.3 Å². The summed E-state index contributed by atoms with van der Waals surface area (Å²) in [5.41, 5.74) is 5.69. The molecule has 3 N–H and O–H groups in total. The Kier molecular flexibility index (Phi) is 4.84. The molecule has 0 aliphatic carbocycles. The van der Waals surface area contributed by atoms with Crippen molar-refractivity contribution in [2.75, 3.05) is 36.9 Å². The van der Waals surface area contributed by atoms with Crippen LogP contribution >= 0.6 is 11.8 Å². The van der Waals surface area contributed by atoms with Crippen LogP contribution in [0.5, 0.6) is 0 Å². The van der Waals surface area contributed by atoms with Gasteiger partial charge in [0.2, 0.25) is 5.91 Å². The zero-order chi connectivity index (χ0) is 13.7. The maximum Gasteiger partial charge on any atom is 0.224 e. The smallest absolute Gasteiger partial charge is 0.224 e. The van der Waals surface area contributed by atoms with E-state index in [1.54, 1.807) is 6.07 Å². The Balaban J connectivity index is 1.81. The second-order valence-corrected chi connectivity index (χ2v) is 5.20. The number of nitrogen functional groups attached to an aromatic ring is 1. The second kappa shape index (κ2) is 6.60. The van der Waals surface area contributed by atoms with Gasteiger partial charge in [0, 0.05) is 32.1 Å². The first-order valence-electron chi connectivity index (χ1n) is 6.39. The maximum atomic E-state index is 11.8. The summed E-state index contributed by atoms with van der Waals surface area (Å²) in [6, 6.07) is 1.68.